The first-order valence-corrected chi connectivity index (χ1v) is 13.1. The number of aromatic nitrogens is 2. The lowest BCUT2D eigenvalue weighted by atomic mass is 9.79. The standard InChI is InChI=1S/C29H39N3O4/c1-31-15-11-21(19-31)5-3-4-14-32-16-12-22(23(20-32)17-29(34)35)6-9-28(33)25-10-13-30-27-8-7-24(36-2)18-26(25)27/h7-8,10-11,13,15,18-19,22-23,28,33H,3-6,9,12,14,16-17,20H2,1-2H3,(H,34,35)/t22-,23+,28-/m1/s1. The summed E-state index contributed by atoms with van der Waals surface area (Å²) < 4.78 is 7.45. The Hall–Kier alpha value is -2.90. The summed E-state index contributed by atoms with van der Waals surface area (Å²) in [6.45, 7) is 2.84. The number of rotatable bonds is 12. The first-order valence-electron chi connectivity index (χ1n) is 13.1. The summed E-state index contributed by atoms with van der Waals surface area (Å²) in [5.41, 5.74) is 3.06. The number of aliphatic carboxylic acids is 1. The van der Waals surface area contributed by atoms with Crippen LogP contribution < -0.4 is 4.74 Å². The van der Waals surface area contributed by atoms with Gasteiger partial charge in [-0.05, 0) is 105 Å². The molecule has 0 saturated carbocycles. The van der Waals surface area contributed by atoms with Crippen molar-refractivity contribution < 1.29 is 19.7 Å². The van der Waals surface area contributed by atoms with Gasteiger partial charge in [-0.3, -0.25) is 9.78 Å². The predicted molar refractivity (Wildman–Crippen MR) is 141 cm³/mol. The molecule has 1 aromatic carbocycles. The molecule has 3 atom stereocenters. The van der Waals surface area contributed by atoms with Crippen molar-refractivity contribution in [2.24, 2.45) is 18.9 Å². The maximum atomic E-state index is 11.6. The molecule has 0 spiro atoms. The third-order valence-corrected chi connectivity index (χ3v) is 7.65. The van der Waals surface area contributed by atoms with Gasteiger partial charge in [0, 0.05) is 44.0 Å². The molecular weight excluding hydrogens is 454 g/mol. The van der Waals surface area contributed by atoms with E-state index in [1.54, 1.807) is 13.3 Å². The van der Waals surface area contributed by atoms with Crippen LogP contribution in [-0.2, 0) is 18.3 Å². The fourth-order valence-electron chi connectivity index (χ4n) is 5.66. The Morgan fingerprint density at radius 2 is 2.08 bits per heavy atom. The largest absolute Gasteiger partial charge is 0.497 e. The topological polar surface area (TPSA) is 87.8 Å². The number of carboxylic acid groups (broad SMARTS) is 1. The molecule has 3 heterocycles. The lowest BCUT2D eigenvalue weighted by Gasteiger charge is -2.38. The second kappa shape index (κ2) is 12.4. The Labute approximate surface area is 213 Å². The summed E-state index contributed by atoms with van der Waals surface area (Å²) in [5, 5.41) is 21.5. The van der Waals surface area contributed by atoms with Gasteiger partial charge < -0.3 is 24.4 Å². The van der Waals surface area contributed by atoms with Crippen molar-refractivity contribution in [1.82, 2.24) is 14.5 Å². The maximum absolute atomic E-state index is 11.6. The molecular formula is C29H39N3O4. The Kier molecular flexibility index (Phi) is 8.99. The summed E-state index contributed by atoms with van der Waals surface area (Å²) in [4.78, 5) is 18.5. The Morgan fingerprint density at radius 1 is 1.22 bits per heavy atom. The van der Waals surface area contributed by atoms with Crippen molar-refractivity contribution >= 4 is 16.9 Å². The number of benzene rings is 1. The number of hydrogen-bond acceptors (Lipinski definition) is 5. The van der Waals surface area contributed by atoms with E-state index >= 15 is 0 Å². The summed E-state index contributed by atoms with van der Waals surface area (Å²) in [6, 6.07) is 9.75. The summed E-state index contributed by atoms with van der Waals surface area (Å²) >= 11 is 0. The Bertz CT molecular complexity index is 1140. The van der Waals surface area contributed by atoms with Crippen LogP contribution >= 0.6 is 0 Å². The molecule has 1 aliphatic heterocycles. The number of likely N-dealkylation sites (tertiary alicyclic amines) is 1. The van der Waals surface area contributed by atoms with Gasteiger partial charge in [0.2, 0.25) is 0 Å². The van der Waals surface area contributed by atoms with Crippen LogP contribution in [0, 0.1) is 11.8 Å². The third-order valence-electron chi connectivity index (χ3n) is 7.65. The van der Waals surface area contributed by atoms with Gasteiger partial charge in [-0.25, -0.2) is 0 Å². The van der Waals surface area contributed by atoms with Gasteiger partial charge in [0.1, 0.15) is 5.75 Å². The highest BCUT2D eigenvalue weighted by Gasteiger charge is 2.31. The van der Waals surface area contributed by atoms with Crippen LogP contribution in [0.1, 0.15) is 55.8 Å². The zero-order valence-electron chi connectivity index (χ0n) is 21.5. The highest BCUT2D eigenvalue weighted by molar-refractivity contribution is 5.83. The average Bonchev–Trinajstić information content (AvgIpc) is 3.29. The number of hydrogen-bond donors (Lipinski definition) is 2. The summed E-state index contributed by atoms with van der Waals surface area (Å²) in [7, 11) is 3.68. The summed E-state index contributed by atoms with van der Waals surface area (Å²) in [6.07, 6.45) is 11.3. The number of aliphatic hydroxyl groups excluding tert-OH is 1. The number of aliphatic hydroxyl groups is 1. The molecule has 3 aromatic rings. The lowest BCUT2D eigenvalue weighted by molar-refractivity contribution is -0.139. The van der Waals surface area contributed by atoms with E-state index in [4.69, 9.17) is 4.74 Å². The van der Waals surface area contributed by atoms with Gasteiger partial charge in [0.25, 0.3) is 0 Å². The second-order valence-electron chi connectivity index (χ2n) is 10.2. The normalized spacial score (nSPS) is 19.4. The fraction of sp³-hybridized carbons (Fsp3) is 0.517. The number of carbonyl (C=O) groups is 1. The number of unbranched alkanes of at least 4 members (excludes halogenated alkanes) is 1. The van der Waals surface area contributed by atoms with E-state index in [0.29, 0.717) is 12.3 Å². The Morgan fingerprint density at radius 3 is 2.83 bits per heavy atom. The average molecular weight is 494 g/mol. The molecule has 0 unspecified atom stereocenters. The van der Waals surface area contributed by atoms with Crippen molar-refractivity contribution in [1.29, 1.82) is 0 Å². The molecule has 7 nitrogen and oxygen atoms in total. The van der Waals surface area contributed by atoms with E-state index in [0.717, 1.165) is 74.0 Å². The monoisotopic (exact) mass is 493 g/mol. The van der Waals surface area contributed by atoms with Crippen molar-refractivity contribution in [3.8, 4) is 5.75 Å². The molecule has 1 saturated heterocycles. The smallest absolute Gasteiger partial charge is 0.303 e. The minimum Gasteiger partial charge on any atom is -0.497 e. The molecule has 194 valence electrons. The number of nitrogens with zero attached hydrogens (tertiary/aromatic N) is 3. The lowest BCUT2D eigenvalue weighted by Crippen LogP contribution is -2.41. The van der Waals surface area contributed by atoms with E-state index < -0.39 is 12.1 Å². The number of aryl methyl sites for hydroxylation is 2. The molecule has 0 amide bonds. The minimum absolute atomic E-state index is 0.117. The van der Waals surface area contributed by atoms with Crippen molar-refractivity contribution in [2.75, 3.05) is 26.7 Å². The molecule has 7 heteroatoms. The van der Waals surface area contributed by atoms with Crippen LogP contribution in [0.2, 0.25) is 0 Å². The van der Waals surface area contributed by atoms with Crippen LogP contribution in [0.3, 0.4) is 0 Å². The van der Waals surface area contributed by atoms with Crippen molar-refractivity contribution in [3.05, 3.63) is 60.0 Å². The molecule has 0 bridgehead atoms. The highest BCUT2D eigenvalue weighted by Crippen LogP contribution is 2.34. The molecule has 4 rings (SSSR count). The Balaban J connectivity index is 1.31. The fourth-order valence-corrected chi connectivity index (χ4v) is 5.66. The van der Waals surface area contributed by atoms with Gasteiger partial charge in [-0.1, -0.05) is 0 Å². The SMILES string of the molecule is COc1ccc2nccc([C@H](O)CC[C@@H]3CCN(CCCCc4ccn(C)c4)C[C@@H]3CC(=O)O)c2c1. The molecule has 1 aliphatic rings. The number of piperidine rings is 1. The van der Waals surface area contributed by atoms with Crippen molar-refractivity contribution in [2.45, 2.75) is 51.0 Å². The van der Waals surface area contributed by atoms with E-state index in [2.05, 4.69) is 32.9 Å². The van der Waals surface area contributed by atoms with E-state index in [1.165, 1.54) is 5.56 Å². The summed E-state index contributed by atoms with van der Waals surface area (Å²) in [5.74, 6) is 0.427. The van der Waals surface area contributed by atoms with Crippen LogP contribution in [0.15, 0.2) is 48.9 Å². The van der Waals surface area contributed by atoms with Gasteiger partial charge in [-0.15, -0.1) is 0 Å². The number of carboxylic acids is 1. The minimum atomic E-state index is -0.733. The van der Waals surface area contributed by atoms with Crippen LogP contribution in [-0.4, -0.2) is 57.4 Å². The maximum Gasteiger partial charge on any atom is 0.303 e. The molecule has 0 aliphatic carbocycles. The van der Waals surface area contributed by atoms with Crippen LogP contribution in [0.4, 0.5) is 0 Å². The van der Waals surface area contributed by atoms with E-state index in [1.807, 2.05) is 31.3 Å². The first-order chi connectivity index (χ1) is 17.4. The molecule has 2 N–H and O–H groups in total. The van der Waals surface area contributed by atoms with E-state index in [9.17, 15) is 15.0 Å². The molecule has 2 aromatic heterocycles. The second-order valence-corrected chi connectivity index (χ2v) is 10.2. The first kappa shape index (κ1) is 26.2. The molecule has 36 heavy (non-hydrogen) atoms. The third kappa shape index (κ3) is 6.86. The van der Waals surface area contributed by atoms with Gasteiger partial charge in [0.05, 0.1) is 18.7 Å². The quantitative estimate of drug-likeness (QED) is 0.351. The number of methoxy groups -OCH3 is 1. The van der Waals surface area contributed by atoms with E-state index in [-0.39, 0.29) is 12.3 Å². The zero-order chi connectivity index (χ0) is 25.5. The highest BCUT2D eigenvalue weighted by atomic mass is 16.5. The van der Waals surface area contributed by atoms with Gasteiger partial charge >= 0.3 is 5.97 Å². The van der Waals surface area contributed by atoms with Gasteiger partial charge in [-0.2, -0.15) is 0 Å². The molecule has 0 radical (unpaired) electrons. The number of fused-ring (bicyclic) bond motifs is 1. The van der Waals surface area contributed by atoms with Gasteiger partial charge in [0.15, 0.2) is 0 Å². The zero-order valence-corrected chi connectivity index (χ0v) is 21.5. The van der Waals surface area contributed by atoms with Crippen LogP contribution in [0.5, 0.6) is 5.75 Å². The molecule has 1 fully saturated rings. The van der Waals surface area contributed by atoms with Crippen molar-refractivity contribution in [3.63, 3.8) is 0 Å². The van der Waals surface area contributed by atoms with Crippen LogP contribution in [0.25, 0.3) is 10.9 Å². The number of ether oxygens (including phenoxy) is 1. The number of pyridine rings is 1. The predicted octanol–water partition coefficient (Wildman–Crippen LogP) is 4.83.